The number of aliphatic hydroxyl groups is 1. The number of hydrogen-bond acceptors (Lipinski definition) is 4. The summed E-state index contributed by atoms with van der Waals surface area (Å²) in [6.07, 6.45) is 3.15. The van der Waals surface area contributed by atoms with Gasteiger partial charge in [0, 0.05) is 13.6 Å². The minimum Gasteiger partial charge on any atom is -0.388 e. The van der Waals surface area contributed by atoms with Crippen molar-refractivity contribution >= 4 is 0 Å². The molecule has 1 atom stereocenters. The van der Waals surface area contributed by atoms with Gasteiger partial charge >= 0.3 is 0 Å². The number of aromatic nitrogens is 3. The van der Waals surface area contributed by atoms with Crippen LogP contribution in [0.4, 0.5) is 4.39 Å². The van der Waals surface area contributed by atoms with E-state index in [1.54, 1.807) is 23.0 Å². The van der Waals surface area contributed by atoms with Crippen LogP contribution < -0.4 is 0 Å². The summed E-state index contributed by atoms with van der Waals surface area (Å²) in [5.74, 6) is -0.0399. The first-order valence-corrected chi connectivity index (χ1v) is 7.63. The molecule has 0 bridgehead atoms. The second kappa shape index (κ2) is 6.54. The van der Waals surface area contributed by atoms with Gasteiger partial charge in [-0.25, -0.2) is 4.39 Å². The fourth-order valence-corrected chi connectivity index (χ4v) is 3.04. The van der Waals surface area contributed by atoms with Gasteiger partial charge in [0.2, 0.25) is 0 Å². The summed E-state index contributed by atoms with van der Waals surface area (Å²) in [7, 11) is 1.90. The van der Waals surface area contributed by atoms with Crippen LogP contribution in [-0.4, -0.2) is 38.1 Å². The second-order valence-corrected chi connectivity index (χ2v) is 5.96. The van der Waals surface area contributed by atoms with Gasteiger partial charge in [-0.2, -0.15) is 0 Å². The van der Waals surface area contributed by atoms with E-state index in [-0.39, 0.29) is 11.7 Å². The Morgan fingerprint density at radius 3 is 2.55 bits per heavy atom. The largest absolute Gasteiger partial charge is 0.388 e. The van der Waals surface area contributed by atoms with Crippen molar-refractivity contribution in [3.63, 3.8) is 0 Å². The predicted octanol–water partition coefficient (Wildman–Crippen LogP) is 1.90. The normalized spacial score (nSPS) is 18.5. The van der Waals surface area contributed by atoms with E-state index in [2.05, 4.69) is 15.2 Å². The second-order valence-electron chi connectivity index (χ2n) is 5.96. The number of likely N-dealkylation sites (tertiary alicyclic amines) is 1. The van der Waals surface area contributed by atoms with Crippen LogP contribution in [0.3, 0.4) is 0 Å². The summed E-state index contributed by atoms with van der Waals surface area (Å²) in [5.41, 5.74) is 1.90. The van der Waals surface area contributed by atoms with Crippen LogP contribution in [0.15, 0.2) is 30.5 Å². The fraction of sp³-hybridized carbons (Fsp3) is 0.500. The van der Waals surface area contributed by atoms with Gasteiger partial charge in [0.1, 0.15) is 5.82 Å². The first-order chi connectivity index (χ1) is 10.6. The molecule has 2 aromatic rings. The summed E-state index contributed by atoms with van der Waals surface area (Å²) < 4.78 is 14.7. The SMILES string of the molecule is Cn1nncc1CN1CCC(C(O)c2ccc(F)cc2)CC1. The third kappa shape index (κ3) is 3.34. The zero-order valence-corrected chi connectivity index (χ0v) is 12.7. The predicted molar refractivity (Wildman–Crippen MR) is 80.4 cm³/mol. The molecule has 1 N–H and O–H groups in total. The molecular formula is C16H21FN4O. The molecule has 22 heavy (non-hydrogen) atoms. The van der Waals surface area contributed by atoms with E-state index in [4.69, 9.17) is 0 Å². The quantitative estimate of drug-likeness (QED) is 0.937. The number of hydrogen-bond donors (Lipinski definition) is 1. The lowest BCUT2D eigenvalue weighted by atomic mass is 9.87. The smallest absolute Gasteiger partial charge is 0.123 e. The van der Waals surface area contributed by atoms with Crippen LogP contribution in [0, 0.1) is 11.7 Å². The van der Waals surface area contributed by atoms with Crippen LogP contribution in [0.2, 0.25) is 0 Å². The molecule has 0 aliphatic carbocycles. The van der Waals surface area contributed by atoms with Crippen LogP contribution in [0.5, 0.6) is 0 Å². The van der Waals surface area contributed by atoms with Crippen molar-refractivity contribution in [3.05, 3.63) is 47.5 Å². The van der Waals surface area contributed by atoms with Gasteiger partial charge in [0.05, 0.1) is 18.0 Å². The number of rotatable bonds is 4. The highest BCUT2D eigenvalue weighted by atomic mass is 19.1. The first-order valence-electron chi connectivity index (χ1n) is 7.63. The van der Waals surface area contributed by atoms with Gasteiger partial charge in [-0.1, -0.05) is 17.3 Å². The van der Waals surface area contributed by atoms with Crippen LogP contribution in [0.25, 0.3) is 0 Å². The Balaban J connectivity index is 1.55. The molecule has 0 spiro atoms. The Morgan fingerprint density at radius 2 is 1.95 bits per heavy atom. The Kier molecular flexibility index (Phi) is 4.49. The Bertz CT molecular complexity index is 605. The molecule has 1 aliphatic rings. The van der Waals surface area contributed by atoms with E-state index in [9.17, 15) is 9.50 Å². The lowest BCUT2D eigenvalue weighted by Crippen LogP contribution is -2.35. The summed E-state index contributed by atoms with van der Waals surface area (Å²) in [6, 6.07) is 6.16. The summed E-state index contributed by atoms with van der Waals surface area (Å²) in [4.78, 5) is 2.35. The molecule has 1 fully saturated rings. The van der Waals surface area contributed by atoms with Crippen molar-refractivity contribution < 1.29 is 9.50 Å². The van der Waals surface area contributed by atoms with E-state index in [1.165, 1.54) is 12.1 Å². The van der Waals surface area contributed by atoms with Crippen molar-refractivity contribution in [2.45, 2.75) is 25.5 Å². The van der Waals surface area contributed by atoms with Gasteiger partial charge in [-0.15, -0.1) is 5.10 Å². The van der Waals surface area contributed by atoms with E-state index in [1.807, 2.05) is 7.05 Å². The molecule has 2 heterocycles. The van der Waals surface area contributed by atoms with Crippen molar-refractivity contribution in [2.75, 3.05) is 13.1 Å². The molecule has 0 saturated carbocycles. The highest BCUT2D eigenvalue weighted by Gasteiger charge is 2.26. The molecule has 1 aromatic carbocycles. The molecule has 1 unspecified atom stereocenters. The molecule has 1 saturated heterocycles. The van der Waals surface area contributed by atoms with Crippen LogP contribution in [0.1, 0.15) is 30.2 Å². The Hall–Kier alpha value is -1.79. The number of nitrogens with zero attached hydrogens (tertiary/aromatic N) is 4. The van der Waals surface area contributed by atoms with Gasteiger partial charge < -0.3 is 5.11 Å². The third-order valence-electron chi connectivity index (χ3n) is 4.48. The van der Waals surface area contributed by atoms with Gasteiger partial charge in [0.25, 0.3) is 0 Å². The monoisotopic (exact) mass is 304 g/mol. The standard InChI is InChI=1S/C16H21FN4O/c1-20-15(10-18-19-20)11-21-8-6-13(7-9-21)16(22)12-2-4-14(17)5-3-12/h2-5,10,13,16,22H,6-9,11H2,1H3. The van der Waals surface area contributed by atoms with E-state index < -0.39 is 6.10 Å². The average molecular weight is 304 g/mol. The van der Waals surface area contributed by atoms with Crippen molar-refractivity contribution in [1.29, 1.82) is 0 Å². The fourth-order valence-electron chi connectivity index (χ4n) is 3.04. The highest BCUT2D eigenvalue weighted by Crippen LogP contribution is 2.31. The van der Waals surface area contributed by atoms with Gasteiger partial charge in [-0.05, 0) is 49.5 Å². The minimum atomic E-state index is -0.513. The van der Waals surface area contributed by atoms with Gasteiger partial charge in [-0.3, -0.25) is 9.58 Å². The van der Waals surface area contributed by atoms with Gasteiger partial charge in [0.15, 0.2) is 0 Å². The lowest BCUT2D eigenvalue weighted by molar-refractivity contribution is 0.0561. The van der Waals surface area contributed by atoms with E-state index >= 15 is 0 Å². The van der Waals surface area contributed by atoms with Crippen molar-refractivity contribution in [3.8, 4) is 0 Å². The topological polar surface area (TPSA) is 54.2 Å². The average Bonchev–Trinajstić information content (AvgIpc) is 2.93. The molecule has 3 rings (SSSR count). The van der Waals surface area contributed by atoms with Crippen molar-refractivity contribution in [1.82, 2.24) is 19.9 Å². The molecule has 5 nitrogen and oxygen atoms in total. The highest BCUT2D eigenvalue weighted by molar-refractivity contribution is 5.19. The molecule has 0 radical (unpaired) electrons. The zero-order valence-electron chi connectivity index (χ0n) is 12.7. The molecule has 1 aliphatic heterocycles. The van der Waals surface area contributed by atoms with Crippen LogP contribution in [-0.2, 0) is 13.6 Å². The molecule has 0 amide bonds. The molecule has 118 valence electrons. The summed E-state index contributed by atoms with van der Waals surface area (Å²) in [5, 5.41) is 18.3. The molecule has 1 aromatic heterocycles. The van der Waals surface area contributed by atoms with Crippen LogP contribution >= 0.6 is 0 Å². The Labute approximate surface area is 129 Å². The third-order valence-corrected chi connectivity index (χ3v) is 4.48. The maximum atomic E-state index is 13.0. The molecular weight excluding hydrogens is 283 g/mol. The first kappa shape index (κ1) is 15.1. The van der Waals surface area contributed by atoms with Crippen molar-refractivity contribution in [2.24, 2.45) is 13.0 Å². The summed E-state index contributed by atoms with van der Waals surface area (Å²) in [6.45, 7) is 2.71. The zero-order chi connectivity index (χ0) is 15.5. The van der Waals surface area contributed by atoms with E-state index in [0.717, 1.165) is 43.7 Å². The number of benzene rings is 1. The number of aliphatic hydroxyl groups excluding tert-OH is 1. The lowest BCUT2D eigenvalue weighted by Gasteiger charge is -2.34. The number of piperidine rings is 1. The minimum absolute atomic E-state index is 0.228. The summed E-state index contributed by atoms with van der Waals surface area (Å²) >= 11 is 0. The molecule has 6 heteroatoms. The Morgan fingerprint density at radius 1 is 1.27 bits per heavy atom. The number of aryl methyl sites for hydroxylation is 1. The number of halogens is 1. The maximum absolute atomic E-state index is 13.0. The van der Waals surface area contributed by atoms with E-state index in [0.29, 0.717) is 0 Å². The maximum Gasteiger partial charge on any atom is 0.123 e.